The van der Waals surface area contributed by atoms with E-state index in [-0.39, 0.29) is 17.5 Å². The molecule has 2 aromatic carbocycles. The molecule has 2 aromatic rings. The molecular formula is C22H20N2O2. The third-order valence-electron chi connectivity index (χ3n) is 4.80. The number of hydrogen-bond donors (Lipinski definition) is 1. The number of phenolic OH excluding ortho intramolecular Hbond substituents is 1. The van der Waals surface area contributed by atoms with Crippen molar-refractivity contribution in [1.29, 1.82) is 0 Å². The number of aromatic hydroxyl groups is 1. The van der Waals surface area contributed by atoms with Crippen LogP contribution in [0.2, 0.25) is 0 Å². The molecule has 4 nitrogen and oxygen atoms in total. The van der Waals surface area contributed by atoms with E-state index in [0.717, 1.165) is 17.0 Å². The van der Waals surface area contributed by atoms with Crippen molar-refractivity contribution in [1.82, 2.24) is 4.90 Å². The van der Waals surface area contributed by atoms with Gasteiger partial charge in [0.15, 0.2) is 5.78 Å². The van der Waals surface area contributed by atoms with E-state index in [0.29, 0.717) is 18.7 Å². The maximum absolute atomic E-state index is 12.9. The summed E-state index contributed by atoms with van der Waals surface area (Å²) in [4.78, 5) is 19.5. The van der Waals surface area contributed by atoms with Gasteiger partial charge < -0.3 is 10.0 Å². The predicted octanol–water partition coefficient (Wildman–Crippen LogP) is 4.05. The fraction of sp³-hybridized carbons (Fsp3) is 0.182. The lowest BCUT2D eigenvalue weighted by atomic mass is 9.94. The van der Waals surface area contributed by atoms with E-state index in [2.05, 4.69) is 4.99 Å². The third-order valence-corrected chi connectivity index (χ3v) is 4.80. The Morgan fingerprint density at radius 3 is 2.42 bits per heavy atom. The first kappa shape index (κ1) is 16.3. The van der Waals surface area contributed by atoms with Crippen LogP contribution in [0.25, 0.3) is 11.1 Å². The van der Waals surface area contributed by atoms with Gasteiger partial charge in [0, 0.05) is 18.3 Å². The van der Waals surface area contributed by atoms with Crippen molar-refractivity contribution < 1.29 is 9.90 Å². The summed E-state index contributed by atoms with van der Waals surface area (Å²) in [6.07, 6.45) is 6.09. The second kappa shape index (κ2) is 6.64. The summed E-state index contributed by atoms with van der Waals surface area (Å²) in [6.45, 7) is 3.24. The molecule has 26 heavy (non-hydrogen) atoms. The summed E-state index contributed by atoms with van der Waals surface area (Å²) in [7, 11) is 0. The molecule has 2 aliphatic heterocycles. The van der Waals surface area contributed by atoms with Crippen LogP contribution in [0.3, 0.4) is 0 Å². The second-order valence-corrected chi connectivity index (χ2v) is 6.74. The fourth-order valence-corrected chi connectivity index (χ4v) is 3.29. The van der Waals surface area contributed by atoms with Gasteiger partial charge in [0.1, 0.15) is 11.6 Å². The monoisotopic (exact) mass is 344 g/mol. The molecule has 0 bridgehead atoms. The Hall–Kier alpha value is -3.14. The highest BCUT2D eigenvalue weighted by Gasteiger charge is 2.27. The number of nitrogens with zero attached hydrogens (tertiary/aromatic N) is 2. The molecule has 0 saturated carbocycles. The van der Waals surface area contributed by atoms with Gasteiger partial charge in [-0.3, -0.25) is 9.79 Å². The predicted molar refractivity (Wildman–Crippen MR) is 103 cm³/mol. The molecule has 1 N–H and O–H groups in total. The van der Waals surface area contributed by atoms with Crippen LogP contribution in [0, 0.1) is 5.92 Å². The van der Waals surface area contributed by atoms with Gasteiger partial charge in [-0.2, -0.15) is 0 Å². The fourth-order valence-electron chi connectivity index (χ4n) is 3.29. The lowest BCUT2D eigenvalue weighted by Gasteiger charge is -2.31. The number of ketones is 1. The van der Waals surface area contributed by atoms with Crippen molar-refractivity contribution in [2.75, 3.05) is 13.1 Å². The lowest BCUT2D eigenvalue weighted by Crippen LogP contribution is -2.40. The van der Waals surface area contributed by atoms with E-state index in [1.54, 1.807) is 12.1 Å². The van der Waals surface area contributed by atoms with Crippen LogP contribution in [0.1, 0.15) is 17.3 Å². The molecule has 0 amide bonds. The van der Waals surface area contributed by atoms with E-state index in [1.807, 2.05) is 66.6 Å². The summed E-state index contributed by atoms with van der Waals surface area (Å²) in [5.41, 5.74) is 3.91. The molecular weight excluding hydrogens is 324 g/mol. The number of amidine groups is 1. The maximum atomic E-state index is 12.9. The molecule has 0 radical (unpaired) electrons. The van der Waals surface area contributed by atoms with Gasteiger partial charge in [-0.05, 0) is 47.9 Å². The number of benzene rings is 2. The molecule has 0 fully saturated rings. The molecule has 0 aromatic heterocycles. The maximum Gasteiger partial charge on any atom is 0.169 e. The van der Waals surface area contributed by atoms with Crippen LogP contribution in [0.15, 0.2) is 77.4 Å². The Labute approximate surface area is 152 Å². The highest BCUT2D eigenvalue weighted by molar-refractivity contribution is 6.01. The van der Waals surface area contributed by atoms with Gasteiger partial charge >= 0.3 is 0 Å². The SMILES string of the molecule is CC1=CC2=NCC(C(=O)c3ccc(-c4ccc(O)cc4)cc3)CN2C=C1. The Kier molecular flexibility index (Phi) is 4.17. The van der Waals surface area contributed by atoms with Crippen LogP contribution >= 0.6 is 0 Å². The molecule has 130 valence electrons. The summed E-state index contributed by atoms with van der Waals surface area (Å²) in [5, 5.41) is 9.39. The first-order valence-electron chi connectivity index (χ1n) is 8.71. The number of phenols is 1. The van der Waals surface area contributed by atoms with Gasteiger partial charge in [-0.15, -0.1) is 0 Å². The zero-order valence-electron chi connectivity index (χ0n) is 14.6. The van der Waals surface area contributed by atoms with Gasteiger partial charge in [-0.1, -0.05) is 36.4 Å². The minimum absolute atomic E-state index is 0.129. The number of hydrogen-bond acceptors (Lipinski definition) is 4. The highest BCUT2D eigenvalue weighted by Crippen LogP contribution is 2.24. The standard InChI is InChI=1S/C22H20N2O2/c1-15-10-11-24-14-19(13-23-21(24)12-15)22(26)18-4-2-16(3-5-18)17-6-8-20(25)9-7-17/h2-12,19,25H,13-14H2,1H3. The smallest absolute Gasteiger partial charge is 0.169 e. The average molecular weight is 344 g/mol. The van der Waals surface area contributed by atoms with E-state index in [1.165, 1.54) is 5.57 Å². The van der Waals surface area contributed by atoms with E-state index >= 15 is 0 Å². The normalized spacial score (nSPS) is 18.8. The summed E-state index contributed by atoms with van der Waals surface area (Å²) in [5.74, 6) is 1.19. The van der Waals surface area contributed by atoms with Crippen LogP contribution in [-0.2, 0) is 0 Å². The number of fused-ring (bicyclic) bond motifs is 1. The minimum atomic E-state index is -0.130. The second-order valence-electron chi connectivity index (χ2n) is 6.74. The minimum Gasteiger partial charge on any atom is -0.508 e. The number of allylic oxidation sites excluding steroid dienone is 2. The van der Waals surface area contributed by atoms with Crippen molar-refractivity contribution in [3.8, 4) is 16.9 Å². The Morgan fingerprint density at radius 1 is 1.08 bits per heavy atom. The Bertz CT molecular complexity index is 922. The zero-order valence-corrected chi connectivity index (χ0v) is 14.6. The highest BCUT2D eigenvalue weighted by atomic mass is 16.3. The van der Waals surface area contributed by atoms with E-state index in [4.69, 9.17) is 0 Å². The van der Waals surface area contributed by atoms with Crippen molar-refractivity contribution in [2.45, 2.75) is 6.92 Å². The van der Waals surface area contributed by atoms with Crippen molar-refractivity contribution in [2.24, 2.45) is 10.9 Å². The van der Waals surface area contributed by atoms with Crippen molar-refractivity contribution in [3.63, 3.8) is 0 Å². The summed E-state index contributed by atoms with van der Waals surface area (Å²) < 4.78 is 0. The summed E-state index contributed by atoms with van der Waals surface area (Å²) in [6, 6.07) is 14.7. The Morgan fingerprint density at radius 2 is 1.73 bits per heavy atom. The van der Waals surface area contributed by atoms with Gasteiger partial charge in [-0.25, -0.2) is 0 Å². The molecule has 1 atom stereocenters. The van der Waals surface area contributed by atoms with E-state index in [9.17, 15) is 9.90 Å². The number of aliphatic imine (C=N–C) groups is 1. The van der Waals surface area contributed by atoms with Crippen LogP contribution in [-0.4, -0.2) is 34.7 Å². The molecule has 0 aliphatic carbocycles. The van der Waals surface area contributed by atoms with Crippen molar-refractivity contribution in [3.05, 3.63) is 78.0 Å². The largest absolute Gasteiger partial charge is 0.508 e. The molecule has 4 heteroatoms. The summed E-state index contributed by atoms with van der Waals surface area (Å²) >= 11 is 0. The average Bonchev–Trinajstić information content (AvgIpc) is 2.68. The lowest BCUT2D eigenvalue weighted by molar-refractivity contribution is 0.0909. The first-order valence-corrected chi connectivity index (χ1v) is 8.71. The van der Waals surface area contributed by atoms with Crippen molar-refractivity contribution >= 4 is 11.6 Å². The molecule has 2 heterocycles. The molecule has 1 unspecified atom stereocenters. The quantitative estimate of drug-likeness (QED) is 0.855. The third kappa shape index (κ3) is 3.18. The first-order chi connectivity index (χ1) is 12.6. The number of rotatable bonds is 3. The van der Waals surface area contributed by atoms with Crippen LogP contribution < -0.4 is 0 Å². The van der Waals surface area contributed by atoms with E-state index < -0.39 is 0 Å². The Balaban J connectivity index is 1.50. The van der Waals surface area contributed by atoms with Crippen LogP contribution in [0.5, 0.6) is 5.75 Å². The topological polar surface area (TPSA) is 52.9 Å². The van der Waals surface area contributed by atoms with Crippen LogP contribution in [0.4, 0.5) is 0 Å². The number of Topliss-reactive ketones (excluding diaryl/α,β-unsaturated/α-hetero) is 1. The zero-order chi connectivity index (χ0) is 18.1. The molecule has 0 spiro atoms. The molecule has 0 saturated heterocycles. The molecule has 4 rings (SSSR count). The number of carbonyl (C=O) groups is 1. The number of carbonyl (C=O) groups excluding carboxylic acids is 1. The van der Waals surface area contributed by atoms with Gasteiger partial charge in [0.05, 0.1) is 12.5 Å². The van der Waals surface area contributed by atoms with Gasteiger partial charge in [0.2, 0.25) is 0 Å². The molecule has 2 aliphatic rings. The van der Waals surface area contributed by atoms with Gasteiger partial charge in [0.25, 0.3) is 0 Å².